The van der Waals surface area contributed by atoms with Crippen LogP contribution in [0.4, 0.5) is 11.5 Å². The maximum Gasteiger partial charge on any atom is 0.318 e. The molecule has 0 radical (unpaired) electrons. The number of benzene rings is 2. The zero-order valence-corrected chi connectivity index (χ0v) is 20.6. The summed E-state index contributed by atoms with van der Waals surface area (Å²) in [5.41, 5.74) is 2.58. The predicted octanol–water partition coefficient (Wildman–Crippen LogP) is 5.67. The summed E-state index contributed by atoms with van der Waals surface area (Å²) in [7, 11) is 0. The van der Waals surface area contributed by atoms with Crippen molar-refractivity contribution >= 4 is 11.5 Å². The molecule has 2 aromatic carbocycles. The maximum atomic E-state index is 12.7. The van der Waals surface area contributed by atoms with Crippen LogP contribution in [0.15, 0.2) is 60.8 Å². The van der Waals surface area contributed by atoms with Crippen molar-refractivity contribution in [3.05, 3.63) is 71.3 Å². The Balaban J connectivity index is 1.48. The van der Waals surface area contributed by atoms with Gasteiger partial charge in [-0.2, -0.15) is 0 Å². The highest BCUT2D eigenvalue weighted by atomic mass is 16.5. The maximum absolute atomic E-state index is 12.7. The fraction of sp³-hybridized carbons (Fsp3) is 0.429. The molecule has 4 rings (SSSR count). The Labute approximate surface area is 207 Å². The van der Waals surface area contributed by atoms with Crippen molar-refractivity contribution < 1.29 is 14.6 Å². The number of aryl methyl sites for hydroxylation is 1. The minimum absolute atomic E-state index is 0.140. The van der Waals surface area contributed by atoms with Crippen molar-refractivity contribution in [3.63, 3.8) is 0 Å². The van der Waals surface area contributed by atoms with Crippen LogP contribution in [0, 0.1) is 4.91 Å². The molecule has 0 aliphatic carbocycles. The molecular formula is C28H35N4O3+. The van der Waals surface area contributed by atoms with E-state index in [4.69, 9.17) is 9.72 Å². The van der Waals surface area contributed by atoms with Crippen LogP contribution in [0.1, 0.15) is 51.5 Å². The van der Waals surface area contributed by atoms with E-state index in [1.807, 2.05) is 35.2 Å². The minimum atomic E-state index is -0.595. The average molecular weight is 476 g/mol. The van der Waals surface area contributed by atoms with Crippen LogP contribution in [0.3, 0.4) is 0 Å². The SMILES string of the molecule is CCCOc1ccccc1-c1ncc2c(n1)N(C(CCCCCc1ccccc1)C(C)O)C[N+]2=O. The molecule has 0 bridgehead atoms. The van der Waals surface area contributed by atoms with Gasteiger partial charge in [0.2, 0.25) is 5.82 Å². The number of hydrogen-bond acceptors (Lipinski definition) is 6. The van der Waals surface area contributed by atoms with Crippen molar-refractivity contribution in [3.8, 4) is 17.1 Å². The van der Waals surface area contributed by atoms with E-state index >= 15 is 0 Å². The summed E-state index contributed by atoms with van der Waals surface area (Å²) in [4.78, 5) is 23.9. The molecular weight excluding hydrogens is 440 g/mol. The Kier molecular flexibility index (Phi) is 8.42. The molecule has 35 heavy (non-hydrogen) atoms. The molecule has 2 unspecified atom stereocenters. The number of nitrogens with zero attached hydrogens (tertiary/aromatic N) is 4. The monoisotopic (exact) mass is 475 g/mol. The minimum Gasteiger partial charge on any atom is -0.493 e. The standard InChI is InChI=1S/C28H35N4O3/c1-3-18-35-26-17-11-10-15-23(26)27-29-19-25-28(30-27)31(20-32(25)34)24(21(2)33)16-9-5-8-14-22-12-6-4-7-13-22/h4,6-7,10-13,15,17,19,21,24,33H,3,5,8-9,14,16,18,20H2,1-2H3/q+1. The number of hydrogen-bond donors (Lipinski definition) is 1. The van der Waals surface area contributed by atoms with Gasteiger partial charge in [0.15, 0.2) is 5.82 Å². The third kappa shape index (κ3) is 6.03. The van der Waals surface area contributed by atoms with Gasteiger partial charge in [0.1, 0.15) is 11.9 Å². The number of fused-ring (bicyclic) bond motifs is 1. The van der Waals surface area contributed by atoms with Gasteiger partial charge in [-0.25, -0.2) is 9.97 Å². The zero-order valence-electron chi connectivity index (χ0n) is 20.6. The first kappa shape index (κ1) is 24.8. The number of unbranched alkanes of at least 4 members (excludes halogenated alkanes) is 2. The number of anilines is 1. The first-order chi connectivity index (χ1) is 17.1. The van der Waals surface area contributed by atoms with Crippen LogP contribution in [0.5, 0.6) is 5.75 Å². The molecule has 1 N–H and O–H groups in total. The molecule has 184 valence electrons. The van der Waals surface area contributed by atoms with Gasteiger partial charge < -0.3 is 9.84 Å². The number of rotatable bonds is 12. The smallest absolute Gasteiger partial charge is 0.318 e. The Morgan fingerprint density at radius 2 is 1.86 bits per heavy atom. The van der Waals surface area contributed by atoms with E-state index in [-0.39, 0.29) is 12.7 Å². The van der Waals surface area contributed by atoms with Gasteiger partial charge in [-0.15, -0.1) is 0 Å². The van der Waals surface area contributed by atoms with Gasteiger partial charge >= 0.3 is 5.69 Å². The van der Waals surface area contributed by atoms with Gasteiger partial charge in [0, 0.05) is 4.91 Å². The first-order valence-electron chi connectivity index (χ1n) is 12.6. The molecule has 0 saturated heterocycles. The summed E-state index contributed by atoms with van der Waals surface area (Å²) in [6.45, 7) is 4.60. The Morgan fingerprint density at radius 3 is 2.63 bits per heavy atom. The molecule has 7 heteroatoms. The Hall–Kier alpha value is -3.32. The number of para-hydroxylation sites is 1. The fourth-order valence-corrected chi connectivity index (χ4v) is 4.58. The van der Waals surface area contributed by atoms with Gasteiger partial charge in [-0.3, -0.25) is 4.90 Å². The fourth-order valence-electron chi connectivity index (χ4n) is 4.58. The summed E-state index contributed by atoms with van der Waals surface area (Å²) >= 11 is 0. The van der Waals surface area contributed by atoms with E-state index in [0.717, 1.165) is 54.6 Å². The van der Waals surface area contributed by atoms with E-state index in [9.17, 15) is 10.0 Å². The number of nitroso groups, excluding NO2 is 1. The normalized spacial score (nSPS) is 14.6. The number of aliphatic hydroxyl groups excluding tert-OH is 1. The lowest BCUT2D eigenvalue weighted by molar-refractivity contribution is -0.453. The summed E-state index contributed by atoms with van der Waals surface area (Å²) in [5.74, 6) is 1.82. The number of aliphatic hydroxyl groups is 1. The Bertz CT molecular complexity index is 1120. The van der Waals surface area contributed by atoms with E-state index in [1.165, 1.54) is 5.56 Å². The topological polar surface area (TPSA) is 78.6 Å². The summed E-state index contributed by atoms with van der Waals surface area (Å²) in [6, 6.07) is 18.0. The van der Waals surface area contributed by atoms with E-state index in [1.54, 1.807) is 13.1 Å². The van der Waals surface area contributed by atoms with Crippen molar-refractivity contribution in [2.24, 2.45) is 0 Å². The van der Waals surface area contributed by atoms with Crippen LogP contribution >= 0.6 is 0 Å². The second kappa shape index (κ2) is 11.9. The molecule has 1 aliphatic heterocycles. The lowest BCUT2D eigenvalue weighted by Crippen LogP contribution is -2.43. The van der Waals surface area contributed by atoms with Crippen LogP contribution < -0.4 is 9.64 Å². The molecule has 0 spiro atoms. The molecule has 1 aliphatic rings. The molecule has 2 atom stereocenters. The van der Waals surface area contributed by atoms with Crippen LogP contribution in [0.2, 0.25) is 0 Å². The quantitative estimate of drug-likeness (QED) is 0.268. The van der Waals surface area contributed by atoms with Gasteiger partial charge in [-0.05, 0) is 50.3 Å². The van der Waals surface area contributed by atoms with E-state index < -0.39 is 6.10 Å². The third-order valence-electron chi connectivity index (χ3n) is 6.43. The summed E-state index contributed by atoms with van der Waals surface area (Å²) < 4.78 is 6.80. The van der Waals surface area contributed by atoms with E-state index in [0.29, 0.717) is 23.9 Å². The highest BCUT2D eigenvalue weighted by molar-refractivity contribution is 5.69. The molecule has 2 heterocycles. The molecule has 0 amide bonds. The second-order valence-electron chi connectivity index (χ2n) is 9.13. The second-order valence-corrected chi connectivity index (χ2v) is 9.13. The van der Waals surface area contributed by atoms with Crippen molar-refractivity contribution in [1.82, 2.24) is 9.97 Å². The van der Waals surface area contributed by atoms with Gasteiger partial charge in [0.05, 0.1) is 29.1 Å². The average Bonchev–Trinajstić information content (AvgIpc) is 3.20. The van der Waals surface area contributed by atoms with Gasteiger partial charge in [-0.1, -0.05) is 62.2 Å². The van der Waals surface area contributed by atoms with Gasteiger partial charge in [0.25, 0.3) is 6.67 Å². The lowest BCUT2D eigenvalue weighted by Gasteiger charge is -2.28. The molecule has 7 nitrogen and oxygen atoms in total. The zero-order chi connectivity index (χ0) is 24.6. The first-order valence-corrected chi connectivity index (χ1v) is 12.6. The third-order valence-corrected chi connectivity index (χ3v) is 6.43. The number of ether oxygens (including phenoxy) is 1. The summed E-state index contributed by atoms with van der Waals surface area (Å²) in [6.07, 6.45) is 6.87. The highest BCUT2D eigenvalue weighted by Crippen LogP contribution is 2.38. The largest absolute Gasteiger partial charge is 0.493 e. The van der Waals surface area contributed by atoms with E-state index in [2.05, 4.69) is 36.2 Å². The van der Waals surface area contributed by atoms with Crippen molar-refractivity contribution in [1.29, 1.82) is 0 Å². The summed E-state index contributed by atoms with van der Waals surface area (Å²) in [5, 5.41) is 10.6. The van der Waals surface area contributed by atoms with Crippen molar-refractivity contribution in [2.45, 2.75) is 64.5 Å². The lowest BCUT2D eigenvalue weighted by atomic mass is 10.0. The molecule has 0 fully saturated rings. The van der Waals surface area contributed by atoms with Crippen LogP contribution in [-0.4, -0.2) is 45.3 Å². The van der Waals surface area contributed by atoms with Crippen LogP contribution in [-0.2, 0) is 6.42 Å². The Morgan fingerprint density at radius 1 is 1.09 bits per heavy atom. The van der Waals surface area contributed by atoms with Crippen molar-refractivity contribution in [2.75, 3.05) is 18.2 Å². The number of aromatic nitrogens is 2. The predicted molar refractivity (Wildman–Crippen MR) is 138 cm³/mol. The van der Waals surface area contributed by atoms with Crippen LogP contribution in [0.25, 0.3) is 11.4 Å². The molecule has 3 aromatic rings. The highest BCUT2D eigenvalue weighted by Gasteiger charge is 2.41. The molecule has 0 saturated carbocycles. The molecule has 1 aromatic heterocycles.